The molecule has 2 aliphatic heterocycles. The number of amides is 2. The van der Waals surface area contributed by atoms with Crippen LogP contribution in [0, 0.1) is 16.0 Å². The second-order valence-corrected chi connectivity index (χ2v) is 12.3. The molecule has 220 valence electrons. The molecule has 3 aromatic carbocycles. The van der Waals surface area contributed by atoms with Crippen molar-refractivity contribution in [1.82, 2.24) is 4.98 Å². The summed E-state index contributed by atoms with van der Waals surface area (Å²) in [6, 6.07) is 14.5. The van der Waals surface area contributed by atoms with E-state index < -0.39 is 50.4 Å². The molecule has 2 aliphatic rings. The van der Waals surface area contributed by atoms with E-state index in [1.807, 2.05) is 0 Å². The van der Waals surface area contributed by atoms with Crippen LogP contribution in [-0.2, 0) is 22.4 Å². The van der Waals surface area contributed by atoms with Gasteiger partial charge in [-0.2, -0.15) is 13.2 Å². The molecule has 0 spiro atoms. The molecule has 6 rings (SSSR count). The van der Waals surface area contributed by atoms with Gasteiger partial charge in [-0.3, -0.25) is 24.5 Å². The van der Waals surface area contributed by atoms with Crippen molar-refractivity contribution in [2.75, 3.05) is 4.90 Å². The van der Waals surface area contributed by atoms with Crippen molar-refractivity contribution in [3.63, 3.8) is 0 Å². The van der Waals surface area contributed by atoms with Crippen LogP contribution in [0.2, 0.25) is 5.02 Å². The van der Waals surface area contributed by atoms with Crippen molar-refractivity contribution in [3.8, 4) is 5.75 Å². The summed E-state index contributed by atoms with van der Waals surface area (Å²) in [6.45, 7) is 0.000398. The van der Waals surface area contributed by atoms with Crippen molar-refractivity contribution in [1.29, 1.82) is 0 Å². The number of nitrogens with zero attached hydrogens (tertiary/aromatic N) is 2. The zero-order valence-corrected chi connectivity index (χ0v) is 23.9. The molecule has 43 heavy (non-hydrogen) atoms. The summed E-state index contributed by atoms with van der Waals surface area (Å²) in [4.78, 5) is 54.5. The first-order chi connectivity index (χ1) is 20.4. The lowest BCUT2D eigenvalue weighted by Crippen LogP contribution is -2.32. The number of benzene rings is 3. The van der Waals surface area contributed by atoms with E-state index in [1.165, 1.54) is 24.3 Å². The van der Waals surface area contributed by atoms with E-state index in [9.17, 15) is 37.7 Å². The van der Waals surface area contributed by atoms with Gasteiger partial charge in [-0.05, 0) is 42.0 Å². The maximum atomic E-state index is 14.0. The van der Waals surface area contributed by atoms with Gasteiger partial charge in [-0.1, -0.05) is 52.9 Å². The number of ether oxygens (including phenoxy) is 1. The number of thiazole rings is 1. The molecular formula is C28H17ClF3N3O6S2. The number of non-ortho nitro benzene ring substituents is 1. The minimum absolute atomic E-state index is 0.000398. The van der Waals surface area contributed by atoms with Crippen LogP contribution in [0.15, 0.2) is 76.6 Å². The Hall–Kier alpha value is -4.14. The summed E-state index contributed by atoms with van der Waals surface area (Å²) in [6.07, 6.45) is -4.71. The van der Waals surface area contributed by atoms with Gasteiger partial charge in [-0.25, -0.2) is 4.90 Å². The summed E-state index contributed by atoms with van der Waals surface area (Å²) < 4.78 is 46.5. The number of H-pyrrole nitrogens is 1. The molecule has 0 radical (unpaired) electrons. The van der Waals surface area contributed by atoms with Crippen LogP contribution in [0.5, 0.6) is 5.75 Å². The molecule has 1 aromatic heterocycles. The smallest absolute Gasteiger partial charge is 0.416 e. The number of nitrogens with one attached hydrogen (secondary N) is 1. The molecule has 0 saturated carbocycles. The second kappa shape index (κ2) is 10.8. The number of carbonyl (C=O) groups is 2. The monoisotopic (exact) mass is 647 g/mol. The van der Waals surface area contributed by atoms with Gasteiger partial charge in [0, 0.05) is 33.5 Å². The second-order valence-electron chi connectivity index (χ2n) is 9.71. The van der Waals surface area contributed by atoms with Crippen LogP contribution in [0.1, 0.15) is 27.5 Å². The Balaban J connectivity index is 1.47. The zero-order chi connectivity index (χ0) is 30.6. The molecule has 2 unspecified atom stereocenters. The molecule has 9 nitrogen and oxygen atoms in total. The van der Waals surface area contributed by atoms with E-state index in [0.717, 1.165) is 41.3 Å². The van der Waals surface area contributed by atoms with Crippen molar-refractivity contribution < 1.29 is 32.4 Å². The number of carbonyl (C=O) groups excluding carboxylic acids is 2. The van der Waals surface area contributed by atoms with E-state index in [0.29, 0.717) is 25.4 Å². The number of aromatic amines is 1. The first kappa shape index (κ1) is 29.0. The summed E-state index contributed by atoms with van der Waals surface area (Å²) in [7, 11) is 0. The first-order valence-electron chi connectivity index (χ1n) is 12.5. The van der Waals surface area contributed by atoms with Crippen LogP contribution in [-0.4, -0.2) is 27.0 Å². The molecule has 2 amide bonds. The van der Waals surface area contributed by atoms with Crippen LogP contribution in [0.3, 0.4) is 0 Å². The van der Waals surface area contributed by atoms with Crippen molar-refractivity contribution in [2.24, 2.45) is 5.92 Å². The van der Waals surface area contributed by atoms with E-state index >= 15 is 0 Å². The fraction of sp³-hybridized carbons (Fsp3) is 0.179. The normalized spacial score (nSPS) is 19.7. The Kier molecular flexibility index (Phi) is 7.30. The minimum Gasteiger partial charge on any atom is -0.489 e. The molecule has 3 atom stereocenters. The third-order valence-corrected chi connectivity index (χ3v) is 9.71. The number of hydrogen-bond donors (Lipinski definition) is 1. The zero-order valence-electron chi connectivity index (χ0n) is 21.5. The number of fused-ring (bicyclic) bond motifs is 2. The minimum atomic E-state index is -4.71. The number of aromatic nitrogens is 1. The van der Waals surface area contributed by atoms with Crippen LogP contribution >= 0.6 is 34.7 Å². The predicted molar refractivity (Wildman–Crippen MR) is 153 cm³/mol. The number of imide groups is 1. The maximum Gasteiger partial charge on any atom is 0.416 e. The summed E-state index contributed by atoms with van der Waals surface area (Å²) in [5.41, 5.74) is -0.759. The standard InChI is InChI=1S/C28H17ClF3N3O6S2/c29-15-5-1-3-13(9-15)12-41-19-8-7-17(35(39)40)11-18(19)20-21-23(42-24-22(20)43-27(38)33-24)26(37)34(25(21)36)16-6-2-4-14(10-16)28(30,31)32/h1-11,20-21,23H,12H2,(H,33,38)/t20-,21?,23?/m1/s1. The molecule has 0 bridgehead atoms. The highest BCUT2D eigenvalue weighted by Crippen LogP contribution is 2.55. The molecule has 3 heterocycles. The quantitative estimate of drug-likeness (QED) is 0.146. The highest BCUT2D eigenvalue weighted by molar-refractivity contribution is 8.00. The number of hydrogen-bond acceptors (Lipinski definition) is 8. The summed E-state index contributed by atoms with van der Waals surface area (Å²) >= 11 is 7.79. The predicted octanol–water partition coefficient (Wildman–Crippen LogP) is 6.39. The third-order valence-electron chi connectivity index (χ3n) is 7.08. The fourth-order valence-electron chi connectivity index (χ4n) is 5.24. The summed E-state index contributed by atoms with van der Waals surface area (Å²) in [5.74, 6) is -3.68. The van der Waals surface area contributed by atoms with E-state index in [2.05, 4.69) is 4.98 Å². The largest absolute Gasteiger partial charge is 0.489 e. The van der Waals surface area contributed by atoms with Gasteiger partial charge in [0.2, 0.25) is 11.8 Å². The Morgan fingerprint density at radius 2 is 1.79 bits per heavy atom. The highest BCUT2D eigenvalue weighted by atomic mass is 35.5. The van der Waals surface area contributed by atoms with E-state index in [-0.39, 0.29) is 29.3 Å². The number of halogens is 4. The van der Waals surface area contributed by atoms with Crippen LogP contribution in [0.25, 0.3) is 0 Å². The number of anilines is 1. The van der Waals surface area contributed by atoms with Gasteiger partial charge in [-0.15, -0.1) is 0 Å². The first-order valence-corrected chi connectivity index (χ1v) is 14.6. The van der Waals surface area contributed by atoms with Crippen molar-refractivity contribution in [3.05, 3.63) is 113 Å². The number of rotatable bonds is 6. The van der Waals surface area contributed by atoms with Crippen LogP contribution < -0.4 is 14.5 Å². The number of alkyl halides is 3. The van der Waals surface area contributed by atoms with Gasteiger partial charge in [0.1, 0.15) is 17.6 Å². The molecule has 4 aromatic rings. The van der Waals surface area contributed by atoms with Gasteiger partial charge >= 0.3 is 11.0 Å². The lowest BCUT2D eigenvalue weighted by molar-refractivity contribution is -0.385. The number of nitro groups is 1. The fourth-order valence-corrected chi connectivity index (χ4v) is 7.96. The third kappa shape index (κ3) is 5.30. The summed E-state index contributed by atoms with van der Waals surface area (Å²) in [5, 5.41) is 11.4. The van der Waals surface area contributed by atoms with Crippen molar-refractivity contribution >= 4 is 57.9 Å². The molecule has 15 heteroatoms. The molecular weight excluding hydrogens is 631 g/mol. The Morgan fingerprint density at radius 1 is 1.02 bits per heavy atom. The molecule has 1 N–H and O–H groups in total. The number of thioether (sulfide) groups is 1. The van der Waals surface area contributed by atoms with Gasteiger partial charge in [0.15, 0.2) is 0 Å². The van der Waals surface area contributed by atoms with E-state index in [1.54, 1.807) is 24.3 Å². The Morgan fingerprint density at radius 3 is 2.51 bits per heavy atom. The Bertz CT molecular complexity index is 1860. The SMILES string of the molecule is O=C1C2Sc3[nH]c(=O)sc3[C@H](c3cc([N+](=O)[O-])ccc3OCc3cccc(Cl)c3)C2C(=O)N1c1cccc(C(F)(F)F)c1. The molecule has 1 fully saturated rings. The number of nitro benzene ring substituents is 1. The van der Waals surface area contributed by atoms with Gasteiger partial charge in [0.05, 0.1) is 27.1 Å². The topological polar surface area (TPSA) is 123 Å². The lowest BCUT2D eigenvalue weighted by atomic mass is 9.82. The van der Waals surface area contributed by atoms with E-state index in [4.69, 9.17) is 16.3 Å². The van der Waals surface area contributed by atoms with Crippen LogP contribution in [0.4, 0.5) is 24.5 Å². The lowest BCUT2D eigenvalue weighted by Gasteiger charge is -2.30. The van der Waals surface area contributed by atoms with Crippen molar-refractivity contribution in [2.45, 2.75) is 29.0 Å². The average Bonchev–Trinajstić information content (AvgIpc) is 3.45. The average molecular weight is 648 g/mol. The maximum absolute atomic E-state index is 14.0. The van der Waals surface area contributed by atoms with Gasteiger partial charge < -0.3 is 9.72 Å². The molecule has 1 saturated heterocycles. The van der Waals surface area contributed by atoms with Gasteiger partial charge in [0.25, 0.3) is 5.69 Å². The highest BCUT2D eigenvalue weighted by Gasteiger charge is 2.57. The Labute approximate surface area is 253 Å². The molecule has 0 aliphatic carbocycles.